The van der Waals surface area contributed by atoms with Gasteiger partial charge in [0.1, 0.15) is 5.82 Å². The highest BCUT2D eigenvalue weighted by Gasteiger charge is 2.32. The van der Waals surface area contributed by atoms with Crippen LogP contribution in [0.3, 0.4) is 0 Å². The van der Waals surface area contributed by atoms with Crippen LogP contribution in [0.25, 0.3) is 22.3 Å². The van der Waals surface area contributed by atoms with Crippen LogP contribution in [-0.4, -0.2) is 48.4 Å². The van der Waals surface area contributed by atoms with Crippen molar-refractivity contribution in [1.29, 1.82) is 0 Å². The van der Waals surface area contributed by atoms with Crippen LogP contribution >= 0.6 is 0 Å². The van der Waals surface area contributed by atoms with Crippen molar-refractivity contribution in [3.8, 4) is 22.3 Å². The Morgan fingerprint density at radius 2 is 1.83 bits per heavy atom. The summed E-state index contributed by atoms with van der Waals surface area (Å²) in [5, 5.41) is 3.19. The van der Waals surface area contributed by atoms with Gasteiger partial charge in [-0.05, 0) is 24.6 Å². The van der Waals surface area contributed by atoms with Crippen molar-refractivity contribution in [3.63, 3.8) is 0 Å². The molecule has 1 fully saturated rings. The molecule has 0 aliphatic carbocycles. The molecule has 1 atom stereocenters. The van der Waals surface area contributed by atoms with Gasteiger partial charge in [-0.15, -0.1) is 0 Å². The smallest absolute Gasteiger partial charge is 0.244 e. The molecule has 1 saturated heterocycles. The Bertz CT molecular complexity index is 1170. The molecule has 1 unspecified atom stereocenters. The molecule has 30 heavy (non-hydrogen) atoms. The van der Waals surface area contributed by atoms with Crippen LogP contribution in [0.1, 0.15) is 6.92 Å². The normalized spacial score (nSPS) is 17.7. The molecule has 0 amide bonds. The number of nitrogens with one attached hydrogen (secondary N) is 1. The van der Waals surface area contributed by atoms with Gasteiger partial charge in [0.2, 0.25) is 16.0 Å². The van der Waals surface area contributed by atoms with Gasteiger partial charge in [-0.25, -0.2) is 22.8 Å². The average Bonchev–Trinajstić information content (AvgIpc) is 2.75. The fraction of sp³-hybridized carbons (Fsp3) is 0.238. The van der Waals surface area contributed by atoms with Crippen LogP contribution in [0.2, 0.25) is 0 Å². The van der Waals surface area contributed by atoms with Gasteiger partial charge in [-0.1, -0.05) is 30.3 Å². The number of nitrogen functional groups attached to an aromatic ring is 1. The van der Waals surface area contributed by atoms with E-state index in [-0.39, 0.29) is 16.9 Å². The number of hydrogen-bond acceptors (Lipinski definition) is 6. The van der Waals surface area contributed by atoms with E-state index in [1.807, 2.05) is 6.92 Å². The lowest BCUT2D eigenvalue weighted by atomic mass is 10.0. The standard InChI is InChI=1S/C21H22FN5O2S/c1-14-11-24-8-9-27(14)30(28,29)20-5-3-2-4-18(20)15-6-7-17(19(22)10-15)16-12-25-21(23)26-13-16/h2-7,10,12-14,24H,8-9,11H2,1H3,(H2,23,25,26). The van der Waals surface area contributed by atoms with Gasteiger partial charge in [0.25, 0.3) is 0 Å². The number of anilines is 1. The maximum atomic E-state index is 14.9. The maximum absolute atomic E-state index is 14.9. The Kier molecular flexibility index (Phi) is 5.50. The van der Waals surface area contributed by atoms with Gasteiger partial charge < -0.3 is 11.1 Å². The quantitative estimate of drug-likeness (QED) is 0.664. The molecule has 9 heteroatoms. The summed E-state index contributed by atoms with van der Waals surface area (Å²) in [4.78, 5) is 7.95. The van der Waals surface area contributed by atoms with Crippen molar-refractivity contribution in [2.24, 2.45) is 0 Å². The fourth-order valence-corrected chi connectivity index (χ4v) is 5.48. The Labute approximate surface area is 174 Å². The predicted molar refractivity (Wildman–Crippen MR) is 113 cm³/mol. The summed E-state index contributed by atoms with van der Waals surface area (Å²) in [6.45, 7) is 3.45. The van der Waals surface area contributed by atoms with Gasteiger partial charge in [0.05, 0.1) is 4.90 Å². The number of rotatable bonds is 4. The minimum absolute atomic E-state index is 0.108. The summed E-state index contributed by atoms with van der Waals surface area (Å²) in [6, 6.07) is 11.2. The number of aromatic nitrogens is 2. The van der Waals surface area contributed by atoms with Gasteiger partial charge in [0.15, 0.2) is 0 Å². The second kappa shape index (κ2) is 8.10. The molecular weight excluding hydrogens is 405 g/mol. The summed E-state index contributed by atoms with van der Waals surface area (Å²) in [6.07, 6.45) is 2.90. The highest BCUT2D eigenvalue weighted by atomic mass is 32.2. The van der Waals surface area contributed by atoms with E-state index in [4.69, 9.17) is 5.73 Å². The van der Waals surface area contributed by atoms with E-state index in [1.165, 1.54) is 22.8 Å². The summed E-state index contributed by atoms with van der Waals surface area (Å²) in [5.74, 6) is -0.388. The predicted octanol–water partition coefficient (Wildman–Crippen LogP) is 2.51. The molecule has 0 radical (unpaired) electrons. The number of sulfonamides is 1. The molecule has 4 rings (SSSR count). The lowest BCUT2D eigenvalue weighted by molar-refractivity contribution is 0.284. The van der Waals surface area contributed by atoms with Crippen molar-refractivity contribution in [3.05, 3.63) is 60.7 Å². The van der Waals surface area contributed by atoms with E-state index < -0.39 is 15.8 Å². The first-order chi connectivity index (χ1) is 14.4. The monoisotopic (exact) mass is 427 g/mol. The van der Waals surface area contributed by atoms with Crippen molar-refractivity contribution >= 4 is 16.0 Å². The first kappa shape index (κ1) is 20.4. The molecule has 0 saturated carbocycles. The summed E-state index contributed by atoms with van der Waals surface area (Å²) in [7, 11) is -3.73. The van der Waals surface area contributed by atoms with Crippen LogP contribution in [0, 0.1) is 5.82 Å². The Morgan fingerprint density at radius 3 is 2.53 bits per heavy atom. The number of piperazine rings is 1. The maximum Gasteiger partial charge on any atom is 0.244 e. The highest BCUT2D eigenvalue weighted by molar-refractivity contribution is 7.89. The Morgan fingerprint density at radius 1 is 1.10 bits per heavy atom. The lowest BCUT2D eigenvalue weighted by Gasteiger charge is -2.33. The van der Waals surface area contributed by atoms with Crippen LogP contribution in [0.4, 0.5) is 10.3 Å². The largest absolute Gasteiger partial charge is 0.368 e. The third-order valence-corrected chi connectivity index (χ3v) is 7.25. The summed E-state index contributed by atoms with van der Waals surface area (Å²) >= 11 is 0. The molecule has 1 aliphatic rings. The highest BCUT2D eigenvalue weighted by Crippen LogP contribution is 2.33. The molecule has 2 aromatic carbocycles. The van der Waals surface area contributed by atoms with Gasteiger partial charge in [0, 0.05) is 54.8 Å². The first-order valence-electron chi connectivity index (χ1n) is 9.57. The molecule has 1 aromatic heterocycles. The lowest BCUT2D eigenvalue weighted by Crippen LogP contribution is -2.52. The second-order valence-electron chi connectivity index (χ2n) is 7.19. The van der Waals surface area contributed by atoms with Crippen molar-refractivity contribution < 1.29 is 12.8 Å². The summed E-state index contributed by atoms with van der Waals surface area (Å²) in [5.41, 5.74) is 7.24. The van der Waals surface area contributed by atoms with Crippen molar-refractivity contribution in [1.82, 2.24) is 19.6 Å². The minimum atomic E-state index is -3.73. The zero-order chi connectivity index (χ0) is 21.3. The first-order valence-corrected chi connectivity index (χ1v) is 11.0. The number of benzene rings is 2. The molecular formula is C21H22FN5O2S. The van der Waals surface area contributed by atoms with Gasteiger partial charge >= 0.3 is 0 Å². The average molecular weight is 428 g/mol. The summed E-state index contributed by atoms with van der Waals surface area (Å²) < 4.78 is 43.2. The SMILES string of the molecule is CC1CNCCN1S(=O)(=O)c1ccccc1-c1ccc(-c2cnc(N)nc2)c(F)c1. The fourth-order valence-electron chi connectivity index (χ4n) is 3.63. The topological polar surface area (TPSA) is 101 Å². The zero-order valence-corrected chi connectivity index (χ0v) is 17.2. The van der Waals surface area contributed by atoms with Crippen LogP contribution in [0.5, 0.6) is 0 Å². The number of hydrogen-bond donors (Lipinski definition) is 2. The third kappa shape index (κ3) is 3.79. The van der Waals surface area contributed by atoms with Crippen LogP contribution < -0.4 is 11.1 Å². The molecule has 156 valence electrons. The van der Waals surface area contributed by atoms with Crippen molar-refractivity contribution in [2.45, 2.75) is 17.9 Å². The molecule has 1 aliphatic heterocycles. The second-order valence-corrected chi connectivity index (χ2v) is 9.05. The third-order valence-electron chi connectivity index (χ3n) is 5.18. The van der Waals surface area contributed by atoms with Gasteiger partial charge in [-0.2, -0.15) is 4.31 Å². The van der Waals surface area contributed by atoms with Crippen molar-refractivity contribution in [2.75, 3.05) is 25.4 Å². The van der Waals surface area contributed by atoms with E-state index in [1.54, 1.807) is 36.4 Å². The van der Waals surface area contributed by atoms with E-state index in [9.17, 15) is 12.8 Å². The molecule has 3 N–H and O–H groups in total. The molecule has 0 spiro atoms. The number of nitrogens with two attached hydrogens (primary N) is 1. The Balaban J connectivity index is 1.75. The zero-order valence-electron chi connectivity index (χ0n) is 16.4. The molecule has 3 aromatic rings. The molecule has 0 bridgehead atoms. The number of nitrogens with zero attached hydrogens (tertiary/aromatic N) is 3. The molecule has 2 heterocycles. The number of halogens is 1. The minimum Gasteiger partial charge on any atom is -0.368 e. The van der Waals surface area contributed by atoms with E-state index in [2.05, 4.69) is 15.3 Å². The van der Waals surface area contributed by atoms with E-state index in [0.717, 1.165) is 0 Å². The van der Waals surface area contributed by atoms with Gasteiger partial charge in [-0.3, -0.25) is 0 Å². The van der Waals surface area contributed by atoms with E-state index in [0.29, 0.717) is 41.9 Å². The van der Waals surface area contributed by atoms with Crippen LogP contribution in [-0.2, 0) is 10.0 Å². The molecule has 7 nitrogen and oxygen atoms in total. The van der Waals surface area contributed by atoms with Crippen LogP contribution in [0.15, 0.2) is 59.8 Å². The Hall–Kier alpha value is -2.88. The van der Waals surface area contributed by atoms with E-state index >= 15 is 0 Å².